The molecule has 0 spiro atoms. The molecule has 2 rings (SSSR count). The first-order valence-electron chi connectivity index (χ1n) is 10.9. The highest BCUT2D eigenvalue weighted by atomic mass is 35.5. The summed E-state index contributed by atoms with van der Waals surface area (Å²) in [5.74, 6) is 0.286. The van der Waals surface area contributed by atoms with Gasteiger partial charge in [0.05, 0.1) is 0 Å². The molecule has 2 aromatic carbocycles. The summed E-state index contributed by atoms with van der Waals surface area (Å²) < 4.78 is 5.80. The third kappa shape index (κ3) is 7.91. The summed E-state index contributed by atoms with van der Waals surface area (Å²) in [4.78, 5) is 27.6. The average Bonchev–Trinajstić information content (AvgIpc) is 2.73. The second-order valence-electron chi connectivity index (χ2n) is 7.83. The lowest BCUT2D eigenvalue weighted by Crippen LogP contribution is -2.50. The Balaban J connectivity index is 2.18. The fourth-order valence-electron chi connectivity index (χ4n) is 3.46. The molecule has 0 fully saturated rings. The van der Waals surface area contributed by atoms with Gasteiger partial charge in [-0.25, -0.2) is 0 Å². The Bertz CT molecular complexity index is 847. The molecule has 0 aromatic heterocycles. The molecule has 31 heavy (non-hydrogen) atoms. The summed E-state index contributed by atoms with van der Waals surface area (Å²) in [6, 6.07) is 12.6. The average molecular weight is 445 g/mol. The summed E-state index contributed by atoms with van der Waals surface area (Å²) in [6.45, 7) is 8.75. The second kappa shape index (κ2) is 12.4. The Morgan fingerprint density at radius 3 is 2.29 bits per heavy atom. The van der Waals surface area contributed by atoms with Gasteiger partial charge in [-0.3, -0.25) is 9.59 Å². The second-order valence-corrected chi connectivity index (χ2v) is 8.27. The zero-order chi connectivity index (χ0) is 22.8. The Hall–Kier alpha value is -2.53. The third-order valence-corrected chi connectivity index (χ3v) is 5.29. The molecule has 1 atom stereocenters. The maximum Gasteiger partial charge on any atom is 0.261 e. The smallest absolute Gasteiger partial charge is 0.261 e. The highest BCUT2D eigenvalue weighted by Crippen LogP contribution is 2.18. The predicted octanol–water partition coefficient (Wildman–Crippen LogP) is 5.06. The normalized spacial score (nSPS) is 11.6. The summed E-state index contributed by atoms with van der Waals surface area (Å²) in [5, 5.41) is 3.59. The van der Waals surface area contributed by atoms with Crippen LogP contribution >= 0.6 is 11.6 Å². The third-order valence-electron chi connectivity index (χ3n) is 5.04. The summed E-state index contributed by atoms with van der Waals surface area (Å²) >= 11 is 6.00. The molecule has 0 aliphatic heterocycles. The maximum absolute atomic E-state index is 13.2. The minimum absolute atomic E-state index is 0.130. The zero-order valence-corrected chi connectivity index (χ0v) is 19.7. The number of aryl methyl sites for hydroxylation is 2. The highest BCUT2D eigenvalue weighted by molar-refractivity contribution is 6.30. The van der Waals surface area contributed by atoms with Crippen molar-refractivity contribution in [3.63, 3.8) is 0 Å². The van der Waals surface area contributed by atoms with E-state index in [1.165, 1.54) is 0 Å². The molecule has 1 N–H and O–H groups in total. The molecular formula is C25H33ClN2O3. The number of amides is 2. The van der Waals surface area contributed by atoms with Gasteiger partial charge in [-0.1, -0.05) is 50.1 Å². The van der Waals surface area contributed by atoms with Crippen molar-refractivity contribution in [3.8, 4) is 5.75 Å². The summed E-state index contributed by atoms with van der Waals surface area (Å²) in [7, 11) is 0. The Kier molecular flexibility index (Phi) is 9.86. The fourth-order valence-corrected chi connectivity index (χ4v) is 3.58. The number of carbonyl (C=O) groups excluding carboxylic acids is 2. The Labute approximate surface area is 190 Å². The van der Waals surface area contributed by atoms with E-state index in [1.807, 2.05) is 45.0 Å². The topological polar surface area (TPSA) is 58.6 Å². The molecule has 0 saturated heterocycles. The van der Waals surface area contributed by atoms with Crippen LogP contribution in [-0.2, 0) is 16.1 Å². The van der Waals surface area contributed by atoms with Gasteiger partial charge >= 0.3 is 0 Å². The number of hydrogen-bond donors (Lipinski definition) is 1. The largest absolute Gasteiger partial charge is 0.484 e. The molecule has 0 aliphatic carbocycles. The van der Waals surface area contributed by atoms with E-state index >= 15 is 0 Å². The van der Waals surface area contributed by atoms with E-state index < -0.39 is 6.04 Å². The number of benzene rings is 2. The van der Waals surface area contributed by atoms with Crippen molar-refractivity contribution < 1.29 is 14.3 Å². The fraction of sp³-hybridized carbons (Fsp3) is 0.440. The van der Waals surface area contributed by atoms with Crippen molar-refractivity contribution in [2.45, 2.75) is 59.5 Å². The number of nitrogens with one attached hydrogen (secondary N) is 1. The minimum atomic E-state index is -0.567. The number of carbonyl (C=O) groups is 2. The molecule has 0 saturated carbocycles. The van der Waals surface area contributed by atoms with Crippen molar-refractivity contribution in [3.05, 3.63) is 64.2 Å². The van der Waals surface area contributed by atoms with Crippen LogP contribution in [0.1, 0.15) is 49.8 Å². The van der Waals surface area contributed by atoms with Gasteiger partial charge in [-0.15, -0.1) is 0 Å². The van der Waals surface area contributed by atoms with Crippen LogP contribution in [0.4, 0.5) is 0 Å². The molecule has 6 heteroatoms. The van der Waals surface area contributed by atoms with Gasteiger partial charge in [-0.05, 0) is 67.6 Å². The van der Waals surface area contributed by atoms with Crippen LogP contribution in [0.25, 0.3) is 0 Å². The number of unbranched alkanes of at least 4 members (excludes halogenated alkanes) is 1. The van der Waals surface area contributed by atoms with Crippen LogP contribution in [0.2, 0.25) is 5.02 Å². The minimum Gasteiger partial charge on any atom is -0.484 e. The molecule has 1 unspecified atom stereocenters. The number of halogens is 1. The zero-order valence-electron chi connectivity index (χ0n) is 18.9. The first kappa shape index (κ1) is 24.7. The predicted molar refractivity (Wildman–Crippen MR) is 125 cm³/mol. The monoisotopic (exact) mass is 444 g/mol. The number of hydrogen-bond acceptors (Lipinski definition) is 3. The van der Waals surface area contributed by atoms with E-state index in [0.717, 1.165) is 29.5 Å². The molecule has 0 heterocycles. The molecule has 2 aromatic rings. The first-order valence-corrected chi connectivity index (χ1v) is 11.2. The van der Waals surface area contributed by atoms with Crippen LogP contribution in [0.5, 0.6) is 5.75 Å². The van der Waals surface area contributed by atoms with Gasteiger partial charge in [-0.2, -0.15) is 0 Å². The molecule has 0 radical (unpaired) electrons. The standard InChI is InChI=1S/C25H33ClN2O3/c1-5-7-12-27-25(30)23(6-2)28(16-20-8-10-21(26)11-9-20)24(29)17-31-22-14-18(3)13-19(4)15-22/h8-11,13-15,23H,5-7,12,16-17H2,1-4H3,(H,27,30). The van der Waals surface area contributed by atoms with Gasteiger partial charge in [0.1, 0.15) is 11.8 Å². The number of rotatable bonds is 11. The quantitative estimate of drug-likeness (QED) is 0.493. The van der Waals surface area contributed by atoms with Crippen LogP contribution in [0, 0.1) is 13.8 Å². The lowest BCUT2D eigenvalue weighted by Gasteiger charge is -2.30. The lowest BCUT2D eigenvalue weighted by molar-refractivity contribution is -0.143. The van der Waals surface area contributed by atoms with Crippen LogP contribution in [-0.4, -0.2) is 35.9 Å². The molecule has 5 nitrogen and oxygen atoms in total. The van der Waals surface area contributed by atoms with E-state index in [1.54, 1.807) is 17.0 Å². The number of ether oxygens (including phenoxy) is 1. The van der Waals surface area contributed by atoms with Crippen LogP contribution in [0.15, 0.2) is 42.5 Å². The van der Waals surface area contributed by atoms with Gasteiger partial charge in [0.15, 0.2) is 6.61 Å². The number of nitrogens with zero attached hydrogens (tertiary/aromatic N) is 1. The highest BCUT2D eigenvalue weighted by Gasteiger charge is 2.28. The van der Waals surface area contributed by atoms with Crippen molar-refractivity contribution in [2.24, 2.45) is 0 Å². The summed E-state index contributed by atoms with van der Waals surface area (Å²) in [5.41, 5.74) is 3.05. The van der Waals surface area contributed by atoms with Crippen molar-refractivity contribution >= 4 is 23.4 Å². The molecule has 0 aliphatic rings. The van der Waals surface area contributed by atoms with Crippen molar-refractivity contribution in [1.29, 1.82) is 0 Å². The Morgan fingerprint density at radius 1 is 1.06 bits per heavy atom. The molecular weight excluding hydrogens is 412 g/mol. The van der Waals surface area contributed by atoms with Crippen molar-refractivity contribution in [1.82, 2.24) is 10.2 Å². The van der Waals surface area contributed by atoms with Crippen LogP contribution < -0.4 is 10.1 Å². The van der Waals surface area contributed by atoms with Gasteiger partial charge in [0.2, 0.25) is 5.91 Å². The molecule has 168 valence electrons. The Morgan fingerprint density at radius 2 is 1.71 bits per heavy atom. The van der Waals surface area contributed by atoms with Gasteiger partial charge < -0.3 is 15.0 Å². The van der Waals surface area contributed by atoms with Crippen molar-refractivity contribution in [2.75, 3.05) is 13.2 Å². The van der Waals surface area contributed by atoms with E-state index in [4.69, 9.17) is 16.3 Å². The summed E-state index contributed by atoms with van der Waals surface area (Å²) in [6.07, 6.45) is 2.41. The van der Waals surface area contributed by atoms with E-state index in [-0.39, 0.29) is 18.4 Å². The van der Waals surface area contributed by atoms with E-state index in [2.05, 4.69) is 18.3 Å². The molecule has 0 bridgehead atoms. The van der Waals surface area contributed by atoms with E-state index in [9.17, 15) is 9.59 Å². The molecule has 2 amide bonds. The van der Waals surface area contributed by atoms with Crippen LogP contribution in [0.3, 0.4) is 0 Å². The lowest BCUT2D eigenvalue weighted by atomic mass is 10.1. The maximum atomic E-state index is 13.2. The first-order chi connectivity index (χ1) is 14.8. The van der Waals surface area contributed by atoms with E-state index in [0.29, 0.717) is 30.3 Å². The van der Waals surface area contributed by atoms with Gasteiger partial charge in [0.25, 0.3) is 5.91 Å². The van der Waals surface area contributed by atoms with Gasteiger partial charge in [0, 0.05) is 18.1 Å². The SMILES string of the molecule is CCCCNC(=O)C(CC)N(Cc1ccc(Cl)cc1)C(=O)COc1cc(C)cc(C)c1.